The zero-order valence-corrected chi connectivity index (χ0v) is 19.5. The van der Waals surface area contributed by atoms with Gasteiger partial charge in [-0.3, -0.25) is 0 Å². The minimum Gasteiger partial charge on any atom is -0.462 e. The third-order valence-corrected chi connectivity index (χ3v) is 6.40. The number of ether oxygens (including phenoxy) is 2. The van der Waals surface area contributed by atoms with E-state index in [1.54, 1.807) is 42.5 Å². The number of thiophene rings is 1. The number of carbonyl (C=O) groups is 2. The molecule has 0 aliphatic heterocycles. The summed E-state index contributed by atoms with van der Waals surface area (Å²) in [5, 5.41) is 7.38. The molecule has 2 aromatic rings. The van der Waals surface area contributed by atoms with E-state index in [0.29, 0.717) is 29.5 Å². The number of unbranched alkanes of at least 4 members (excludes halogenated alkanes) is 1. The molecule has 166 valence electrons. The predicted molar refractivity (Wildman–Crippen MR) is 128 cm³/mol. The Hall–Kier alpha value is -2.45. The van der Waals surface area contributed by atoms with Gasteiger partial charge in [0.05, 0.1) is 24.3 Å². The number of carbonyl (C=O) groups excluding carboxylic acids is 2. The highest BCUT2D eigenvalue weighted by Gasteiger charge is 2.26. The highest BCUT2D eigenvalue weighted by atomic mass is 32.1. The van der Waals surface area contributed by atoms with E-state index < -0.39 is 0 Å². The fourth-order valence-corrected chi connectivity index (χ4v) is 4.99. The maximum atomic E-state index is 12.6. The summed E-state index contributed by atoms with van der Waals surface area (Å²) in [5.74, 6) is -0.637. The molecule has 2 N–H and O–H groups in total. The van der Waals surface area contributed by atoms with Crippen molar-refractivity contribution in [3.8, 4) is 0 Å². The highest BCUT2D eigenvalue weighted by molar-refractivity contribution is 7.80. The first-order valence-electron chi connectivity index (χ1n) is 10.7. The van der Waals surface area contributed by atoms with Crippen LogP contribution in [0.2, 0.25) is 0 Å². The SMILES string of the molecule is CCCCOC(=O)c1ccc(NC(=S)Nc2sc3c(c2C(=O)OCC)CCCC3)cc1. The number of nitrogens with one attached hydrogen (secondary N) is 2. The van der Waals surface area contributed by atoms with Gasteiger partial charge < -0.3 is 20.1 Å². The fraction of sp³-hybridized carbons (Fsp3) is 0.435. The molecule has 31 heavy (non-hydrogen) atoms. The number of anilines is 2. The summed E-state index contributed by atoms with van der Waals surface area (Å²) in [4.78, 5) is 25.8. The average molecular weight is 461 g/mol. The van der Waals surface area contributed by atoms with Crippen LogP contribution in [-0.4, -0.2) is 30.3 Å². The molecule has 0 saturated heterocycles. The Morgan fingerprint density at radius 1 is 1.03 bits per heavy atom. The van der Waals surface area contributed by atoms with Crippen LogP contribution in [0.5, 0.6) is 0 Å². The average Bonchev–Trinajstić information content (AvgIpc) is 3.12. The molecule has 0 spiro atoms. The number of benzene rings is 1. The summed E-state index contributed by atoms with van der Waals surface area (Å²) in [5.41, 5.74) is 2.93. The largest absolute Gasteiger partial charge is 0.462 e. The number of thiocarbonyl (C=S) groups is 1. The Labute approximate surface area is 192 Å². The van der Waals surface area contributed by atoms with Crippen molar-refractivity contribution in [2.24, 2.45) is 0 Å². The molecule has 6 nitrogen and oxygen atoms in total. The van der Waals surface area contributed by atoms with Gasteiger partial charge in [-0.15, -0.1) is 11.3 Å². The summed E-state index contributed by atoms with van der Waals surface area (Å²) < 4.78 is 10.5. The van der Waals surface area contributed by atoms with Gasteiger partial charge in [0.25, 0.3) is 0 Å². The molecule has 1 aliphatic rings. The van der Waals surface area contributed by atoms with E-state index in [-0.39, 0.29) is 11.9 Å². The van der Waals surface area contributed by atoms with Crippen molar-refractivity contribution in [1.29, 1.82) is 0 Å². The van der Waals surface area contributed by atoms with E-state index in [4.69, 9.17) is 21.7 Å². The van der Waals surface area contributed by atoms with Gasteiger partial charge in [0.1, 0.15) is 5.00 Å². The third kappa shape index (κ3) is 6.04. The van der Waals surface area contributed by atoms with Crippen molar-refractivity contribution in [2.75, 3.05) is 23.8 Å². The zero-order valence-electron chi connectivity index (χ0n) is 17.9. The van der Waals surface area contributed by atoms with Gasteiger partial charge in [-0.25, -0.2) is 9.59 Å². The summed E-state index contributed by atoms with van der Waals surface area (Å²) in [7, 11) is 0. The summed E-state index contributed by atoms with van der Waals surface area (Å²) in [6.45, 7) is 4.61. The number of hydrogen-bond acceptors (Lipinski definition) is 6. The second kappa shape index (κ2) is 11.2. The molecule has 0 bridgehead atoms. The van der Waals surface area contributed by atoms with E-state index in [9.17, 15) is 9.59 Å². The van der Waals surface area contributed by atoms with Crippen LogP contribution >= 0.6 is 23.6 Å². The predicted octanol–water partition coefficient (Wildman–Crippen LogP) is 5.57. The zero-order chi connectivity index (χ0) is 22.2. The normalized spacial score (nSPS) is 12.6. The van der Waals surface area contributed by atoms with E-state index in [1.807, 2.05) is 6.92 Å². The van der Waals surface area contributed by atoms with Crippen LogP contribution in [0.1, 0.15) is 70.7 Å². The molecule has 0 atom stereocenters. The molecule has 0 unspecified atom stereocenters. The monoisotopic (exact) mass is 460 g/mol. The Kier molecular flexibility index (Phi) is 8.43. The molecule has 1 aliphatic carbocycles. The summed E-state index contributed by atoms with van der Waals surface area (Å²) in [6.07, 6.45) is 5.90. The highest BCUT2D eigenvalue weighted by Crippen LogP contribution is 2.38. The number of esters is 2. The maximum Gasteiger partial charge on any atom is 0.341 e. The number of rotatable bonds is 8. The lowest BCUT2D eigenvalue weighted by molar-refractivity contribution is 0.0496. The van der Waals surface area contributed by atoms with Crippen molar-refractivity contribution in [1.82, 2.24) is 0 Å². The lowest BCUT2D eigenvalue weighted by atomic mass is 9.95. The van der Waals surface area contributed by atoms with Crippen molar-refractivity contribution in [3.63, 3.8) is 0 Å². The van der Waals surface area contributed by atoms with Gasteiger partial charge in [-0.2, -0.15) is 0 Å². The van der Waals surface area contributed by atoms with Gasteiger partial charge in [0.15, 0.2) is 5.11 Å². The van der Waals surface area contributed by atoms with Crippen LogP contribution in [0.25, 0.3) is 0 Å². The molecule has 0 amide bonds. The second-order valence-corrected chi connectivity index (χ2v) is 8.79. The Morgan fingerprint density at radius 2 is 1.77 bits per heavy atom. The quantitative estimate of drug-likeness (QED) is 0.303. The van der Waals surface area contributed by atoms with Crippen LogP contribution in [-0.2, 0) is 22.3 Å². The van der Waals surface area contributed by atoms with Crippen LogP contribution < -0.4 is 10.6 Å². The Balaban J connectivity index is 1.66. The molecule has 0 saturated carbocycles. The van der Waals surface area contributed by atoms with Crippen LogP contribution in [0.3, 0.4) is 0 Å². The molecule has 0 radical (unpaired) electrons. The number of aryl methyl sites for hydroxylation is 1. The van der Waals surface area contributed by atoms with Gasteiger partial charge in [0, 0.05) is 10.6 Å². The molecule has 1 aromatic heterocycles. The van der Waals surface area contributed by atoms with Crippen molar-refractivity contribution >= 4 is 51.3 Å². The van der Waals surface area contributed by atoms with Gasteiger partial charge in [-0.1, -0.05) is 13.3 Å². The number of fused-ring (bicyclic) bond motifs is 1. The Bertz CT molecular complexity index is 938. The topological polar surface area (TPSA) is 76.7 Å². The molecular weight excluding hydrogens is 432 g/mol. The van der Waals surface area contributed by atoms with Crippen LogP contribution in [0.4, 0.5) is 10.7 Å². The Morgan fingerprint density at radius 3 is 2.48 bits per heavy atom. The van der Waals surface area contributed by atoms with Gasteiger partial charge in [-0.05, 0) is 81.1 Å². The van der Waals surface area contributed by atoms with Crippen molar-refractivity contribution in [2.45, 2.75) is 52.4 Å². The summed E-state index contributed by atoms with van der Waals surface area (Å²) in [6, 6.07) is 6.95. The van der Waals surface area contributed by atoms with Crippen molar-refractivity contribution in [3.05, 3.63) is 45.8 Å². The lowest BCUT2D eigenvalue weighted by Crippen LogP contribution is -2.20. The van der Waals surface area contributed by atoms with E-state index in [1.165, 1.54) is 4.88 Å². The van der Waals surface area contributed by atoms with Crippen molar-refractivity contribution < 1.29 is 19.1 Å². The molecule has 1 aromatic carbocycles. The standard InChI is InChI=1S/C23H28N2O4S2/c1-3-5-14-29-21(26)15-10-12-16(13-11-15)24-23(30)25-20-19(22(27)28-4-2)17-8-6-7-9-18(17)31-20/h10-13H,3-9,14H2,1-2H3,(H2,24,25,30). The maximum absolute atomic E-state index is 12.6. The first kappa shape index (κ1) is 23.2. The van der Waals surface area contributed by atoms with Gasteiger partial charge >= 0.3 is 11.9 Å². The molecule has 1 heterocycles. The first-order valence-corrected chi connectivity index (χ1v) is 11.9. The van der Waals surface area contributed by atoms with Gasteiger partial charge in [0.2, 0.25) is 0 Å². The molecule has 0 fully saturated rings. The lowest BCUT2D eigenvalue weighted by Gasteiger charge is -2.13. The summed E-state index contributed by atoms with van der Waals surface area (Å²) >= 11 is 7.04. The second-order valence-electron chi connectivity index (χ2n) is 7.28. The third-order valence-electron chi connectivity index (χ3n) is 4.99. The van der Waals surface area contributed by atoms with Crippen LogP contribution in [0, 0.1) is 0 Å². The first-order chi connectivity index (χ1) is 15.0. The van der Waals surface area contributed by atoms with E-state index in [0.717, 1.165) is 54.8 Å². The molecular formula is C23H28N2O4S2. The van der Waals surface area contributed by atoms with E-state index in [2.05, 4.69) is 10.6 Å². The van der Waals surface area contributed by atoms with E-state index >= 15 is 0 Å². The van der Waals surface area contributed by atoms with Crippen LogP contribution in [0.15, 0.2) is 24.3 Å². The number of hydrogen-bond donors (Lipinski definition) is 2. The minimum absolute atomic E-state index is 0.307. The minimum atomic E-state index is -0.330. The fourth-order valence-electron chi connectivity index (χ4n) is 3.42. The molecule has 3 rings (SSSR count). The molecule has 8 heteroatoms. The smallest absolute Gasteiger partial charge is 0.341 e.